The van der Waals surface area contributed by atoms with Crippen molar-refractivity contribution in [3.8, 4) is 0 Å². The van der Waals surface area contributed by atoms with Gasteiger partial charge in [-0.2, -0.15) is 0 Å². The van der Waals surface area contributed by atoms with E-state index in [4.69, 9.17) is 0 Å². The molecule has 0 saturated carbocycles. The number of nitrogens with zero attached hydrogens (tertiary/aromatic N) is 2. The maximum absolute atomic E-state index is 2.83. The molecule has 15 heavy (non-hydrogen) atoms. The number of hydrogen-bond acceptors (Lipinski definition) is 2. The van der Waals surface area contributed by atoms with Gasteiger partial charge in [-0.3, -0.25) is 8.67 Å². The molecule has 1 rings (SSSR count). The van der Waals surface area contributed by atoms with Crippen molar-refractivity contribution in [1.29, 1.82) is 0 Å². The second-order valence-electron chi connectivity index (χ2n) is 4.94. The molecule has 1 fully saturated rings. The highest BCUT2D eigenvalue weighted by atomic mass is 31.1. The quantitative estimate of drug-likeness (QED) is 0.519. The molecule has 0 atom stereocenters. The molecule has 0 bridgehead atoms. The Morgan fingerprint density at radius 3 is 1.60 bits per heavy atom. The van der Waals surface area contributed by atoms with E-state index in [9.17, 15) is 0 Å². The standard InChI is InChI=1S/C11H27N2PSi/c1-6-8-10-12-14(3)13(11-9-7-2)15(12,4)5/h6-11H2,1-5H3. The van der Waals surface area contributed by atoms with Crippen molar-refractivity contribution >= 4 is 16.6 Å². The molecule has 0 aliphatic carbocycles. The summed E-state index contributed by atoms with van der Waals surface area (Å²) in [6, 6.07) is 0. The van der Waals surface area contributed by atoms with Crippen LogP contribution in [-0.2, 0) is 0 Å². The van der Waals surface area contributed by atoms with E-state index >= 15 is 0 Å². The minimum atomic E-state index is -1.15. The molecule has 2 nitrogen and oxygen atoms in total. The largest absolute Gasteiger partial charge is 0.278 e. The molecule has 1 saturated heterocycles. The first-order chi connectivity index (χ1) is 7.05. The zero-order chi connectivity index (χ0) is 11.5. The number of unbranched alkanes of at least 4 members (excludes halogenated alkanes) is 2. The fourth-order valence-corrected chi connectivity index (χ4v) is 11.6. The summed E-state index contributed by atoms with van der Waals surface area (Å²) in [4.78, 5) is 0. The van der Waals surface area contributed by atoms with Crippen molar-refractivity contribution in [1.82, 2.24) is 8.67 Å². The molecule has 0 aromatic rings. The van der Waals surface area contributed by atoms with Crippen LogP contribution in [0.5, 0.6) is 0 Å². The summed E-state index contributed by atoms with van der Waals surface area (Å²) in [5.74, 6) is 0. The Kier molecular flexibility index (Phi) is 5.24. The van der Waals surface area contributed by atoms with Gasteiger partial charge in [-0.15, -0.1) is 0 Å². The summed E-state index contributed by atoms with van der Waals surface area (Å²) in [6.07, 6.45) is 5.42. The first-order valence-corrected chi connectivity index (χ1v) is 10.9. The summed E-state index contributed by atoms with van der Waals surface area (Å²) in [6.45, 7) is 14.8. The van der Waals surface area contributed by atoms with Crippen LogP contribution in [0.15, 0.2) is 0 Å². The van der Waals surface area contributed by atoms with Crippen LogP contribution in [-0.4, -0.2) is 36.8 Å². The van der Waals surface area contributed by atoms with Gasteiger partial charge < -0.3 is 0 Å². The molecular formula is C11H27N2PSi. The monoisotopic (exact) mass is 246 g/mol. The van der Waals surface area contributed by atoms with E-state index in [1.807, 2.05) is 0 Å². The Balaban J connectivity index is 2.44. The Bertz CT molecular complexity index is 181. The first kappa shape index (κ1) is 13.6. The van der Waals surface area contributed by atoms with Crippen molar-refractivity contribution in [3.05, 3.63) is 0 Å². The van der Waals surface area contributed by atoms with E-state index in [0.29, 0.717) is 0 Å². The lowest BCUT2D eigenvalue weighted by atomic mass is 10.3. The van der Waals surface area contributed by atoms with Gasteiger partial charge in [0.1, 0.15) is 0 Å². The van der Waals surface area contributed by atoms with Crippen molar-refractivity contribution in [2.24, 2.45) is 0 Å². The molecule has 1 heterocycles. The highest BCUT2D eigenvalue weighted by Gasteiger charge is 2.51. The maximum Gasteiger partial charge on any atom is 0.209 e. The smallest absolute Gasteiger partial charge is 0.209 e. The van der Waals surface area contributed by atoms with Gasteiger partial charge in [-0.1, -0.05) is 26.7 Å². The molecule has 0 aromatic heterocycles. The topological polar surface area (TPSA) is 6.48 Å². The van der Waals surface area contributed by atoms with Gasteiger partial charge in [0.2, 0.25) is 8.40 Å². The van der Waals surface area contributed by atoms with Crippen LogP contribution in [0.3, 0.4) is 0 Å². The predicted octanol–water partition coefficient (Wildman–Crippen LogP) is 3.85. The van der Waals surface area contributed by atoms with E-state index in [2.05, 4.69) is 42.3 Å². The van der Waals surface area contributed by atoms with Crippen molar-refractivity contribution in [2.45, 2.75) is 52.6 Å². The van der Waals surface area contributed by atoms with Gasteiger partial charge in [0.05, 0.1) is 0 Å². The Hall–Kier alpha value is 0.567. The predicted molar refractivity (Wildman–Crippen MR) is 73.6 cm³/mol. The van der Waals surface area contributed by atoms with Gasteiger partial charge >= 0.3 is 0 Å². The second kappa shape index (κ2) is 5.76. The zero-order valence-corrected chi connectivity index (χ0v) is 13.0. The minimum absolute atomic E-state index is 0.0727. The SMILES string of the molecule is CCCCN1P(C)N(CCCC)[Si]1(C)C. The van der Waals surface area contributed by atoms with E-state index in [1.165, 1.54) is 38.8 Å². The Morgan fingerprint density at radius 2 is 1.33 bits per heavy atom. The van der Waals surface area contributed by atoms with Gasteiger partial charge in [0.25, 0.3) is 0 Å². The Morgan fingerprint density at radius 1 is 0.933 bits per heavy atom. The van der Waals surface area contributed by atoms with Gasteiger partial charge in [-0.25, -0.2) is 0 Å². The number of rotatable bonds is 6. The molecule has 0 unspecified atom stereocenters. The molecule has 0 spiro atoms. The van der Waals surface area contributed by atoms with E-state index < -0.39 is 8.40 Å². The summed E-state index contributed by atoms with van der Waals surface area (Å²) in [7, 11) is -1.08. The molecule has 1 aliphatic heterocycles. The van der Waals surface area contributed by atoms with Gasteiger partial charge in [-0.05, 0) is 45.7 Å². The summed E-state index contributed by atoms with van der Waals surface area (Å²) in [5, 5.41) is 0. The lowest BCUT2D eigenvalue weighted by Gasteiger charge is -2.61. The van der Waals surface area contributed by atoms with Crippen molar-refractivity contribution in [3.63, 3.8) is 0 Å². The zero-order valence-electron chi connectivity index (χ0n) is 11.1. The molecular weight excluding hydrogens is 219 g/mol. The normalized spacial score (nSPS) is 23.0. The van der Waals surface area contributed by atoms with Crippen molar-refractivity contribution in [2.75, 3.05) is 19.8 Å². The molecule has 0 N–H and O–H groups in total. The van der Waals surface area contributed by atoms with Crippen LogP contribution >= 0.6 is 8.22 Å². The third-order valence-electron chi connectivity index (χ3n) is 3.41. The first-order valence-electron chi connectivity index (χ1n) is 6.34. The lowest BCUT2D eigenvalue weighted by molar-refractivity contribution is 0.440. The van der Waals surface area contributed by atoms with Crippen LogP contribution in [0.25, 0.3) is 0 Å². The summed E-state index contributed by atoms with van der Waals surface area (Å²) < 4.78 is 5.67. The van der Waals surface area contributed by atoms with E-state index in [-0.39, 0.29) is 8.22 Å². The van der Waals surface area contributed by atoms with Crippen LogP contribution in [0, 0.1) is 0 Å². The van der Waals surface area contributed by atoms with Gasteiger partial charge in [0.15, 0.2) is 0 Å². The summed E-state index contributed by atoms with van der Waals surface area (Å²) >= 11 is 0. The molecule has 90 valence electrons. The third kappa shape index (κ3) is 2.82. The minimum Gasteiger partial charge on any atom is -0.278 e. The number of hydrogen-bond donors (Lipinski definition) is 0. The molecule has 0 radical (unpaired) electrons. The van der Waals surface area contributed by atoms with Gasteiger partial charge in [0, 0.05) is 8.22 Å². The molecule has 0 amide bonds. The summed E-state index contributed by atoms with van der Waals surface area (Å²) in [5.41, 5.74) is 0. The molecule has 4 heteroatoms. The lowest BCUT2D eigenvalue weighted by Crippen LogP contribution is -2.68. The average molecular weight is 246 g/mol. The average Bonchev–Trinajstić information content (AvgIpc) is 2.18. The maximum atomic E-state index is 2.83. The highest BCUT2D eigenvalue weighted by molar-refractivity contribution is 7.61. The fourth-order valence-electron chi connectivity index (χ4n) is 2.39. The Labute approximate surface area is 98.1 Å². The van der Waals surface area contributed by atoms with E-state index in [0.717, 1.165) is 0 Å². The van der Waals surface area contributed by atoms with Crippen molar-refractivity contribution < 1.29 is 0 Å². The van der Waals surface area contributed by atoms with E-state index in [1.54, 1.807) is 0 Å². The molecule has 1 aliphatic rings. The second-order valence-corrected chi connectivity index (χ2v) is 11.7. The van der Waals surface area contributed by atoms with Crippen LogP contribution in [0.2, 0.25) is 13.1 Å². The molecule has 0 aromatic carbocycles. The van der Waals surface area contributed by atoms with Crippen LogP contribution in [0.4, 0.5) is 0 Å². The van der Waals surface area contributed by atoms with Crippen LogP contribution in [0.1, 0.15) is 39.5 Å². The highest BCUT2D eigenvalue weighted by Crippen LogP contribution is 2.57. The fraction of sp³-hybridized carbons (Fsp3) is 1.00. The third-order valence-corrected chi connectivity index (χ3v) is 12.9. The van der Waals surface area contributed by atoms with Crippen LogP contribution < -0.4 is 0 Å².